The number of hydrogen-bond donors (Lipinski definition) is 0. The first kappa shape index (κ1) is 14.1. The van der Waals surface area contributed by atoms with E-state index in [9.17, 15) is 13.2 Å². The smallest absolute Gasteiger partial charge is 0.361 e. The van der Waals surface area contributed by atoms with Crippen LogP contribution in [0.4, 0.5) is 18.9 Å². The van der Waals surface area contributed by atoms with Gasteiger partial charge in [-0.2, -0.15) is 13.2 Å². The molecule has 6 heteroatoms. The van der Waals surface area contributed by atoms with Gasteiger partial charge in [0.25, 0.3) is 0 Å². The Morgan fingerprint density at radius 2 is 2.12 bits per heavy atom. The monoisotopic (exact) mass is 266 g/mol. The van der Waals surface area contributed by atoms with Crippen molar-refractivity contribution >= 4 is 17.3 Å². The number of nitrogens with zero attached hydrogens (tertiary/aromatic N) is 2. The van der Waals surface area contributed by atoms with Gasteiger partial charge in [0.05, 0.1) is 11.9 Å². The van der Waals surface area contributed by atoms with Crippen LogP contribution in [0, 0.1) is 0 Å². The summed E-state index contributed by atoms with van der Waals surface area (Å²) in [6.07, 6.45) is -0.640. The molecule has 0 saturated carbocycles. The molecule has 0 bridgehead atoms. The minimum atomic E-state index is -4.23. The topological polar surface area (TPSA) is 16.1 Å². The van der Waals surface area contributed by atoms with Crippen LogP contribution in [0.1, 0.15) is 18.9 Å². The molecule has 0 aliphatic carbocycles. The summed E-state index contributed by atoms with van der Waals surface area (Å²) in [4.78, 5) is 5.13. The van der Waals surface area contributed by atoms with Crippen molar-refractivity contribution < 1.29 is 13.2 Å². The highest BCUT2D eigenvalue weighted by molar-refractivity contribution is 6.17. The Balaban J connectivity index is 2.96. The second-order valence-corrected chi connectivity index (χ2v) is 3.94. The summed E-state index contributed by atoms with van der Waals surface area (Å²) in [5.74, 6) is 0.177. The highest BCUT2D eigenvalue weighted by Gasteiger charge is 2.31. The summed E-state index contributed by atoms with van der Waals surface area (Å²) < 4.78 is 37.4. The molecule has 0 radical (unpaired) electrons. The maximum absolute atomic E-state index is 12.5. The van der Waals surface area contributed by atoms with Crippen LogP contribution in [0.25, 0.3) is 0 Å². The summed E-state index contributed by atoms with van der Waals surface area (Å²) >= 11 is 5.71. The van der Waals surface area contributed by atoms with E-state index in [-0.39, 0.29) is 5.88 Å². The Morgan fingerprint density at radius 1 is 1.41 bits per heavy atom. The van der Waals surface area contributed by atoms with E-state index in [1.807, 2.05) is 6.92 Å². The van der Waals surface area contributed by atoms with Crippen molar-refractivity contribution in [1.82, 2.24) is 4.98 Å². The molecule has 0 aliphatic rings. The first-order chi connectivity index (χ1) is 7.98. The van der Waals surface area contributed by atoms with Gasteiger partial charge >= 0.3 is 6.18 Å². The Bertz CT molecular complexity index is 355. The summed E-state index contributed by atoms with van der Waals surface area (Å²) in [7, 11) is 0. The molecule has 1 rings (SSSR count). The van der Waals surface area contributed by atoms with Crippen molar-refractivity contribution in [2.45, 2.75) is 25.4 Å². The second kappa shape index (κ2) is 6.10. The lowest BCUT2D eigenvalue weighted by molar-refractivity contribution is -0.119. The molecule has 0 aliphatic heterocycles. The van der Waals surface area contributed by atoms with Crippen LogP contribution < -0.4 is 4.90 Å². The minimum absolute atomic E-state index is 0.177. The molecule has 1 heterocycles. The first-order valence-electron chi connectivity index (χ1n) is 5.28. The molecule has 1 aromatic heterocycles. The third-order valence-corrected chi connectivity index (χ3v) is 2.52. The van der Waals surface area contributed by atoms with Crippen molar-refractivity contribution in [3.8, 4) is 0 Å². The van der Waals surface area contributed by atoms with Crippen LogP contribution in [0.15, 0.2) is 18.5 Å². The molecule has 96 valence electrons. The predicted octanol–water partition coefficient (Wildman–Crippen LogP) is 3.60. The van der Waals surface area contributed by atoms with Crippen LogP contribution >= 0.6 is 11.6 Å². The Hall–Kier alpha value is -0.970. The highest BCUT2D eigenvalue weighted by atomic mass is 35.5. The molecule has 0 unspecified atom stereocenters. The highest BCUT2D eigenvalue weighted by Crippen LogP contribution is 2.25. The van der Waals surface area contributed by atoms with E-state index in [0.29, 0.717) is 24.2 Å². The maximum atomic E-state index is 12.5. The maximum Gasteiger partial charge on any atom is 0.405 e. The van der Waals surface area contributed by atoms with E-state index in [1.54, 1.807) is 6.07 Å². The Labute approximate surface area is 103 Å². The van der Waals surface area contributed by atoms with E-state index in [2.05, 4.69) is 4.98 Å². The molecule has 1 aromatic rings. The SMILES string of the molecule is CCCN(CC(F)(F)F)c1cnccc1CCl. The lowest BCUT2D eigenvalue weighted by Gasteiger charge is -2.26. The van der Waals surface area contributed by atoms with E-state index < -0.39 is 12.7 Å². The predicted molar refractivity (Wildman–Crippen MR) is 62.4 cm³/mol. The van der Waals surface area contributed by atoms with Crippen LogP contribution in [0.3, 0.4) is 0 Å². The van der Waals surface area contributed by atoms with Gasteiger partial charge in [0.15, 0.2) is 0 Å². The number of pyridine rings is 1. The van der Waals surface area contributed by atoms with Crippen molar-refractivity contribution in [3.05, 3.63) is 24.0 Å². The zero-order chi connectivity index (χ0) is 12.9. The van der Waals surface area contributed by atoms with Crippen molar-refractivity contribution in [1.29, 1.82) is 0 Å². The third-order valence-electron chi connectivity index (χ3n) is 2.24. The van der Waals surface area contributed by atoms with Gasteiger partial charge in [-0.3, -0.25) is 4.98 Å². The van der Waals surface area contributed by atoms with E-state index >= 15 is 0 Å². The van der Waals surface area contributed by atoms with Gasteiger partial charge in [0.2, 0.25) is 0 Å². The summed E-state index contributed by atoms with van der Waals surface area (Å²) in [6, 6.07) is 1.64. The molecular weight excluding hydrogens is 253 g/mol. The Kier molecular flexibility index (Phi) is 5.05. The molecule has 0 fully saturated rings. The summed E-state index contributed by atoms with van der Waals surface area (Å²) in [5.41, 5.74) is 1.13. The molecule has 0 amide bonds. The lowest BCUT2D eigenvalue weighted by atomic mass is 10.2. The van der Waals surface area contributed by atoms with Crippen molar-refractivity contribution in [2.24, 2.45) is 0 Å². The number of alkyl halides is 4. The number of halogens is 4. The first-order valence-corrected chi connectivity index (χ1v) is 5.82. The molecular formula is C11H14ClF3N2. The zero-order valence-electron chi connectivity index (χ0n) is 9.47. The molecule has 0 spiro atoms. The van der Waals surface area contributed by atoms with Gasteiger partial charge in [-0.25, -0.2) is 0 Å². The van der Waals surface area contributed by atoms with Gasteiger partial charge < -0.3 is 4.90 Å². The minimum Gasteiger partial charge on any atom is -0.361 e. The van der Waals surface area contributed by atoms with Gasteiger partial charge in [0, 0.05) is 18.6 Å². The fraction of sp³-hybridized carbons (Fsp3) is 0.545. The van der Waals surface area contributed by atoms with Crippen LogP contribution in [0.2, 0.25) is 0 Å². The van der Waals surface area contributed by atoms with E-state index in [0.717, 1.165) is 0 Å². The molecule has 0 aromatic carbocycles. The second-order valence-electron chi connectivity index (χ2n) is 3.67. The van der Waals surface area contributed by atoms with E-state index in [1.165, 1.54) is 17.3 Å². The quantitative estimate of drug-likeness (QED) is 0.757. The van der Waals surface area contributed by atoms with Crippen molar-refractivity contribution in [3.63, 3.8) is 0 Å². The fourth-order valence-corrected chi connectivity index (χ4v) is 1.81. The molecule has 0 atom stereocenters. The standard InChI is InChI=1S/C11H14ClF3N2/c1-2-5-17(8-11(13,14)15)10-7-16-4-3-9(10)6-12/h3-4,7H,2,5-6,8H2,1H3. The average Bonchev–Trinajstić information content (AvgIpc) is 2.27. The van der Waals surface area contributed by atoms with Crippen LogP contribution in [-0.4, -0.2) is 24.2 Å². The summed E-state index contributed by atoms with van der Waals surface area (Å²) in [6.45, 7) is 1.19. The van der Waals surface area contributed by atoms with Crippen molar-refractivity contribution in [2.75, 3.05) is 18.0 Å². The van der Waals surface area contributed by atoms with Gasteiger partial charge in [-0.1, -0.05) is 6.92 Å². The summed E-state index contributed by atoms with van der Waals surface area (Å²) in [5, 5.41) is 0. The molecule has 0 N–H and O–H groups in total. The molecule has 17 heavy (non-hydrogen) atoms. The van der Waals surface area contributed by atoms with Gasteiger partial charge in [-0.15, -0.1) is 11.6 Å². The van der Waals surface area contributed by atoms with Crippen LogP contribution in [0.5, 0.6) is 0 Å². The number of hydrogen-bond acceptors (Lipinski definition) is 2. The fourth-order valence-electron chi connectivity index (χ4n) is 1.58. The number of anilines is 1. The number of rotatable bonds is 5. The van der Waals surface area contributed by atoms with Gasteiger partial charge in [0.1, 0.15) is 6.54 Å². The number of aromatic nitrogens is 1. The molecule has 0 saturated heterocycles. The molecule has 2 nitrogen and oxygen atoms in total. The normalized spacial score (nSPS) is 11.6. The van der Waals surface area contributed by atoms with Gasteiger partial charge in [-0.05, 0) is 18.1 Å². The zero-order valence-corrected chi connectivity index (χ0v) is 10.2. The Morgan fingerprint density at radius 3 is 2.65 bits per heavy atom. The average molecular weight is 267 g/mol. The van der Waals surface area contributed by atoms with E-state index in [4.69, 9.17) is 11.6 Å². The lowest BCUT2D eigenvalue weighted by Crippen LogP contribution is -2.35. The van der Waals surface area contributed by atoms with Crippen LogP contribution in [-0.2, 0) is 5.88 Å². The third kappa shape index (κ3) is 4.42. The largest absolute Gasteiger partial charge is 0.405 e.